The zero-order valence-corrected chi connectivity index (χ0v) is 21.7. The van der Waals surface area contributed by atoms with Crippen LogP contribution < -0.4 is 15.0 Å². The van der Waals surface area contributed by atoms with Crippen molar-refractivity contribution < 1.29 is 47.3 Å². The highest BCUT2D eigenvalue weighted by Crippen LogP contribution is 2.37. The Bertz CT molecular complexity index is 1440. The van der Waals surface area contributed by atoms with Crippen molar-refractivity contribution in [3.63, 3.8) is 0 Å². The first-order valence-corrected chi connectivity index (χ1v) is 12.4. The molecule has 38 heavy (non-hydrogen) atoms. The number of fused-ring (bicyclic) bond motifs is 3. The quantitative estimate of drug-likeness (QED) is 0.341. The van der Waals surface area contributed by atoms with Crippen LogP contribution in [0.4, 0.5) is 0 Å². The van der Waals surface area contributed by atoms with E-state index < -0.39 is 59.4 Å². The summed E-state index contributed by atoms with van der Waals surface area (Å²) in [6.45, 7) is 4.39. The summed E-state index contributed by atoms with van der Waals surface area (Å²) in [5.74, 6) is -2.27. The fourth-order valence-corrected chi connectivity index (χ4v) is 4.99. The van der Waals surface area contributed by atoms with E-state index in [0.717, 1.165) is 25.2 Å². The number of nitrogens with one attached hydrogen (secondary N) is 1. The van der Waals surface area contributed by atoms with Gasteiger partial charge < -0.3 is 33.4 Å². The maximum absolute atomic E-state index is 12.2. The molecule has 0 unspecified atom stereocenters. The largest absolute Gasteiger partial charge is 0.463 e. The van der Waals surface area contributed by atoms with E-state index in [2.05, 4.69) is 5.32 Å². The van der Waals surface area contributed by atoms with Gasteiger partial charge in [-0.15, -0.1) is 0 Å². The van der Waals surface area contributed by atoms with E-state index in [0.29, 0.717) is 21.1 Å². The first-order chi connectivity index (χ1) is 18.0. The van der Waals surface area contributed by atoms with Crippen LogP contribution >= 0.6 is 11.3 Å². The monoisotopic (exact) mass is 547 g/mol. The van der Waals surface area contributed by atoms with Gasteiger partial charge in [0, 0.05) is 44.5 Å². The van der Waals surface area contributed by atoms with E-state index in [1.807, 2.05) is 0 Å². The van der Waals surface area contributed by atoms with Gasteiger partial charge in [0.15, 0.2) is 17.8 Å². The summed E-state index contributed by atoms with van der Waals surface area (Å²) in [6.07, 6.45) is -4.94. The van der Waals surface area contributed by atoms with Gasteiger partial charge in [-0.25, -0.2) is 4.79 Å². The first kappa shape index (κ1) is 27.1. The van der Waals surface area contributed by atoms with Crippen LogP contribution in [0.1, 0.15) is 27.7 Å². The molecule has 4 rings (SSSR count). The molecule has 202 valence electrons. The third-order valence-corrected chi connectivity index (χ3v) is 6.39. The molecule has 3 aromatic rings. The minimum atomic E-state index is -1.31. The zero-order chi connectivity index (χ0) is 27.6. The lowest BCUT2D eigenvalue weighted by molar-refractivity contribution is -0.256. The van der Waals surface area contributed by atoms with Crippen LogP contribution in [-0.4, -0.2) is 61.1 Å². The van der Waals surface area contributed by atoms with Gasteiger partial charge in [0.1, 0.15) is 24.5 Å². The van der Waals surface area contributed by atoms with Crippen molar-refractivity contribution >= 4 is 56.2 Å². The van der Waals surface area contributed by atoms with E-state index in [-0.39, 0.29) is 12.4 Å². The average molecular weight is 548 g/mol. The van der Waals surface area contributed by atoms with Gasteiger partial charge >= 0.3 is 22.8 Å². The highest BCUT2D eigenvalue weighted by molar-refractivity contribution is 7.16. The SMILES string of the molecule is CC(=O)N[C@H]1[C@H](Oc2cc3sc(=O)oc3c3ccccc23)O[C@@H](COC(C)=O)[C@@H](OC(C)=O)[C@@H]1OC(C)=O. The molecule has 1 amide bonds. The Kier molecular flexibility index (Phi) is 7.97. The van der Waals surface area contributed by atoms with E-state index in [9.17, 15) is 24.0 Å². The fraction of sp³-hybridized carbons (Fsp3) is 0.400. The van der Waals surface area contributed by atoms with Crippen LogP contribution in [0.15, 0.2) is 39.5 Å². The molecule has 0 radical (unpaired) electrons. The molecule has 0 bridgehead atoms. The molecule has 1 aliphatic heterocycles. The Balaban J connectivity index is 1.81. The van der Waals surface area contributed by atoms with Gasteiger partial charge in [-0.3, -0.25) is 19.2 Å². The molecule has 1 fully saturated rings. The van der Waals surface area contributed by atoms with E-state index in [4.69, 9.17) is 28.1 Å². The Morgan fingerprint density at radius 2 is 1.61 bits per heavy atom. The maximum atomic E-state index is 12.2. The summed E-state index contributed by atoms with van der Waals surface area (Å²) in [6, 6.07) is 7.50. The normalized spacial score (nSPS) is 23.0. The second-order valence-electron chi connectivity index (χ2n) is 8.54. The summed E-state index contributed by atoms with van der Waals surface area (Å²) >= 11 is 0.886. The number of ether oxygens (including phenoxy) is 5. The predicted octanol–water partition coefficient (Wildman–Crippen LogP) is 2.04. The lowest BCUT2D eigenvalue weighted by Gasteiger charge is -2.44. The maximum Gasteiger partial charge on any atom is 0.396 e. The molecule has 5 atom stereocenters. The molecule has 1 aromatic heterocycles. The number of amides is 1. The van der Waals surface area contributed by atoms with Gasteiger partial charge in [0.25, 0.3) is 0 Å². The molecule has 12 nitrogen and oxygen atoms in total. The van der Waals surface area contributed by atoms with Crippen LogP contribution in [0.3, 0.4) is 0 Å². The van der Waals surface area contributed by atoms with Gasteiger partial charge in [0.05, 0.1) is 4.70 Å². The van der Waals surface area contributed by atoms with Crippen molar-refractivity contribution in [3.05, 3.63) is 40.1 Å². The third-order valence-electron chi connectivity index (χ3n) is 5.62. The summed E-state index contributed by atoms with van der Waals surface area (Å²) in [5, 5.41) is 3.84. The van der Waals surface area contributed by atoms with Crippen LogP contribution in [0.2, 0.25) is 0 Å². The molecule has 0 aliphatic carbocycles. The number of carbonyl (C=O) groups is 4. The predicted molar refractivity (Wildman–Crippen MR) is 133 cm³/mol. The van der Waals surface area contributed by atoms with Gasteiger partial charge in [-0.05, 0) is 0 Å². The summed E-state index contributed by atoms with van der Waals surface area (Å²) in [4.78, 5) is 59.1. The average Bonchev–Trinajstić information content (AvgIpc) is 3.21. The number of carbonyl (C=O) groups excluding carboxylic acids is 4. The second-order valence-corrected chi connectivity index (χ2v) is 9.52. The molecule has 1 saturated heterocycles. The van der Waals surface area contributed by atoms with E-state index in [1.165, 1.54) is 13.8 Å². The Labute approximate surface area is 219 Å². The molecular formula is C25H25NO11S. The topological polar surface area (TPSA) is 157 Å². The number of hydrogen-bond acceptors (Lipinski definition) is 12. The summed E-state index contributed by atoms with van der Waals surface area (Å²) < 4.78 is 34.2. The van der Waals surface area contributed by atoms with Crippen LogP contribution in [-0.2, 0) is 38.1 Å². The van der Waals surface area contributed by atoms with Gasteiger partial charge in [-0.1, -0.05) is 35.6 Å². The molecule has 13 heteroatoms. The van der Waals surface area contributed by atoms with Gasteiger partial charge in [0.2, 0.25) is 12.2 Å². The summed E-state index contributed by atoms with van der Waals surface area (Å²) in [7, 11) is 0. The standard InChI is InChI=1S/C25H25NO11S/c1-11(27)26-20-23(34-14(4)30)22(33-13(3)29)18(10-32-12(2)28)36-24(20)35-17-9-19-21(37-25(31)38-19)16-8-6-5-7-15(16)17/h5-9,18,20,22-24H,10H2,1-4H3,(H,26,27)/t18-,20+,22+,23+,24+/m0/s1. The molecule has 2 aromatic carbocycles. The van der Waals surface area contributed by atoms with Crippen LogP contribution in [0, 0.1) is 0 Å². The van der Waals surface area contributed by atoms with Crippen molar-refractivity contribution in [1.82, 2.24) is 5.32 Å². The minimum Gasteiger partial charge on any atom is -0.463 e. The van der Waals surface area contributed by atoms with Crippen LogP contribution in [0.25, 0.3) is 21.1 Å². The van der Waals surface area contributed by atoms with Crippen molar-refractivity contribution in [2.45, 2.75) is 58.3 Å². The highest BCUT2D eigenvalue weighted by Gasteiger charge is 2.52. The highest BCUT2D eigenvalue weighted by atomic mass is 32.1. The number of esters is 3. The van der Waals surface area contributed by atoms with Crippen LogP contribution in [0.5, 0.6) is 5.75 Å². The molecule has 2 heterocycles. The molecule has 1 N–H and O–H groups in total. The Morgan fingerprint density at radius 3 is 2.24 bits per heavy atom. The first-order valence-electron chi connectivity index (χ1n) is 11.6. The smallest absolute Gasteiger partial charge is 0.396 e. The minimum absolute atomic E-state index is 0.282. The number of rotatable bonds is 7. The Hall–Kier alpha value is -3.97. The molecule has 0 spiro atoms. The fourth-order valence-electron chi connectivity index (χ4n) is 4.28. The number of hydrogen-bond donors (Lipinski definition) is 1. The lowest BCUT2D eigenvalue weighted by atomic mass is 9.96. The number of benzene rings is 2. The van der Waals surface area contributed by atoms with Crippen molar-refractivity contribution in [2.24, 2.45) is 0 Å². The zero-order valence-electron chi connectivity index (χ0n) is 20.9. The third kappa shape index (κ3) is 5.94. The van der Waals surface area contributed by atoms with Crippen molar-refractivity contribution in [3.8, 4) is 5.75 Å². The van der Waals surface area contributed by atoms with Gasteiger partial charge in [-0.2, -0.15) is 0 Å². The van der Waals surface area contributed by atoms with E-state index in [1.54, 1.807) is 30.3 Å². The second kappa shape index (κ2) is 11.2. The molecule has 1 aliphatic rings. The molecular weight excluding hydrogens is 522 g/mol. The lowest BCUT2D eigenvalue weighted by Crippen LogP contribution is -2.67. The van der Waals surface area contributed by atoms with Crippen molar-refractivity contribution in [2.75, 3.05) is 6.61 Å². The summed E-state index contributed by atoms with van der Waals surface area (Å²) in [5.41, 5.74) is 0.395. The Morgan fingerprint density at radius 1 is 0.947 bits per heavy atom. The van der Waals surface area contributed by atoms with Crippen molar-refractivity contribution in [1.29, 1.82) is 0 Å². The van der Waals surface area contributed by atoms with E-state index >= 15 is 0 Å². The molecule has 0 saturated carbocycles.